The number of nitrogens with zero attached hydrogens (tertiary/aromatic N) is 2. The molecule has 0 bridgehead atoms. The van der Waals surface area contributed by atoms with Gasteiger partial charge in [-0.05, 0) is 48.7 Å². The van der Waals surface area contributed by atoms with Crippen molar-refractivity contribution in [3.63, 3.8) is 0 Å². The van der Waals surface area contributed by atoms with Gasteiger partial charge in [-0.2, -0.15) is 4.31 Å². The van der Waals surface area contributed by atoms with E-state index in [9.17, 15) is 13.2 Å². The fourth-order valence-electron chi connectivity index (χ4n) is 2.71. The molecule has 0 atom stereocenters. The van der Waals surface area contributed by atoms with Gasteiger partial charge in [-0.1, -0.05) is 31.5 Å². The van der Waals surface area contributed by atoms with Crippen molar-refractivity contribution < 1.29 is 13.2 Å². The molecular formula is C19H24ClN3O3S. The first-order valence-electron chi connectivity index (χ1n) is 8.70. The summed E-state index contributed by atoms with van der Waals surface area (Å²) in [4.78, 5) is 16.5. The number of sulfonamides is 1. The van der Waals surface area contributed by atoms with E-state index in [1.807, 2.05) is 13.8 Å². The molecule has 0 radical (unpaired) electrons. The lowest BCUT2D eigenvalue weighted by molar-refractivity contribution is -0.115. The highest BCUT2D eigenvalue weighted by atomic mass is 35.5. The fraction of sp³-hybridized carbons (Fsp3) is 0.368. The zero-order valence-electron chi connectivity index (χ0n) is 15.9. The summed E-state index contributed by atoms with van der Waals surface area (Å²) in [5.74, 6) is -0.251. The summed E-state index contributed by atoms with van der Waals surface area (Å²) in [6.45, 7) is 8.04. The first-order chi connectivity index (χ1) is 12.7. The minimum absolute atomic E-state index is 0.121. The molecule has 0 aliphatic heterocycles. The minimum atomic E-state index is -3.61. The molecule has 0 saturated heterocycles. The zero-order valence-corrected chi connectivity index (χ0v) is 17.5. The van der Waals surface area contributed by atoms with Gasteiger partial charge >= 0.3 is 0 Å². The number of amides is 1. The van der Waals surface area contributed by atoms with Gasteiger partial charge in [-0.15, -0.1) is 0 Å². The van der Waals surface area contributed by atoms with Gasteiger partial charge in [0, 0.05) is 25.0 Å². The van der Waals surface area contributed by atoms with E-state index >= 15 is 0 Å². The zero-order chi connectivity index (χ0) is 20.2. The molecule has 1 N–H and O–H groups in total. The molecule has 8 heteroatoms. The molecule has 1 heterocycles. The monoisotopic (exact) mass is 409 g/mol. The number of anilines is 1. The van der Waals surface area contributed by atoms with E-state index in [0.717, 1.165) is 16.7 Å². The molecule has 2 aromatic rings. The van der Waals surface area contributed by atoms with Crippen molar-refractivity contribution in [3.8, 4) is 0 Å². The van der Waals surface area contributed by atoms with Gasteiger partial charge in [-0.3, -0.25) is 4.79 Å². The van der Waals surface area contributed by atoms with E-state index in [0.29, 0.717) is 23.9 Å². The highest BCUT2D eigenvalue weighted by molar-refractivity contribution is 7.89. The second-order valence-corrected chi connectivity index (χ2v) is 8.54. The van der Waals surface area contributed by atoms with E-state index in [1.54, 1.807) is 38.2 Å². The minimum Gasteiger partial charge on any atom is -0.326 e. The Morgan fingerprint density at radius 2 is 1.85 bits per heavy atom. The molecule has 0 unspecified atom stereocenters. The molecule has 1 amide bonds. The van der Waals surface area contributed by atoms with Crippen molar-refractivity contribution in [2.45, 2.75) is 39.0 Å². The number of nitrogens with one attached hydrogen (secondary N) is 1. The molecule has 2 rings (SSSR count). The van der Waals surface area contributed by atoms with Crippen LogP contribution in [0.25, 0.3) is 0 Å². The maximum Gasteiger partial charge on any atom is 0.243 e. The van der Waals surface area contributed by atoms with E-state index in [-0.39, 0.29) is 17.2 Å². The lowest BCUT2D eigenvalue weighted by Gasteiger charge is -2.20. The fourth-order valence-corrected chi connectivity index (χ4v) is 4.39. The Bertz CT molecular complexity index is 924. The predicted molar refractivity (Wildman–Crippen MR) is 108 cm³/mol. The smallest absolute Gasteiger partial charge is 0.243 e. The largest absolute Gasteiger partial charge is 0.326 e. The summed E-state index contributed by atoms with van der Waals surface area (Å²) in [7, 11) is -3.61. The quantitative estimate of drug-likeness (QED) is 0.709. The highest BCUT2D eigenvalue weighted by Crippen LogP contribution is 2.26. The third-order valence-corrected chi connectivity index (χ3v) is 6.66. The number of pyridine rings is 1. The molecule has 146 valence electrons. The number of hydrogen-bond acceptors (Lipinski definition) is 4. The van der Waals surface area contributed by atoms with Crippen molar-refractivity contribution in [3.05, 3.63) is 52.3 Å². The second kappa shape index (κ2) is 8.82. The third-order valence-electron chi connectivity index (χ3n) is 4.41. The van der Waals surface area contributed by atoms with Crippen LogP contribution >= 0.6 is 11.6 Å². The van der Waals surface area contributed by atoms with Crippen molar-refractivity contribution in [1.29, 1.82) is 0 Å². The van der Waals surface area contributed by atoms with Gasteiger partial charge in [0.1, 0.15) is 5.15 Å². The number of rotatable bonds is 7. The van der Waals surface area contributed by atoms with E-state index in [2.05, 4.69) is 10.3 Å². The van der Waals surface area contributed by atoms with Crippen molar-refractivity contribution >= 4 is 33.2 Å². The average molecular weight is 410 g/mol. The summed E-state index contributed by atoms with van der Waals surface area (Å²) in [6, 6.07) is 6.51. The van der Waals surface area contributed by atoms with Crippen LogP contribution in [0.1, 0.15) is 30.5 Å². The molecule has 0 aliphatic carbocycles. The van der Waals surface area contributed by atoms with Crippen LogP contribution in [0, 0.1) is 13.8 Å². The van der Waals surface area contributed by atoms with Crippen molar-refractivity contribution in [1.82, 2.24) is 9.29 Å². The van der Waals surface area contributed by atoms with E-state index in [1.165, 1.54) is 10.4 Å². The van der Waals surface area contributed by atoms with Crippen LogP contribution in [0.15, 0.2) is 35.4 Å². The summed E-state index contributed by atoms with van der Waals surface area (Å²) >= 11 is 5.75. The van der Waals surface area contributed by atoms with Crippen LogP contribution in [0.5, 0.6) is 0 Å². The summed E-state index contributed by atoms with van der Waals surface area (Å²) in [5.41, 5.74) is 2.84. The molecule has 1 aromatic carbocycles. The molecule has 0 fully saturated rings. The standard InChI is InChI=1S/C19H24ClN3O3S/c1-5-23(6-2)27(25,26)16-9-13(3)14(4)17(11-16)22-19(24)10-15-7-8-18(20)21-12-15/h7-9,11-12H,5-6,10H2,1-4H3,(H,22,24). The molecule has 0 saturated carbocycles. The number of carbonyl (C=O) groups is 1. The van der Waals surface area contributed by atoms with Crippen LogP contribution in [-0.2, 0) is 21.2 Å². The lowest BCUT2D eigenvalue weighted by atomic mass is 10.1. The number of benzene rings is 1. The number of aromatic nitrogens is 1. The van der Waals surface area contributed by atoms with Gasteiger partial charge in [-0.25, -0.2) is 13.4 Å². The van der Waals surface area contributed by atoms with Gasteiger partial charge in [0.15, 0.2) is 0 Å². The first-order valence-corrected chi connectivity index (χ1v) is 10.5. The Morgan fingerprint density at radius 3 is 2.41 bits per heavy atom. The number of aryl methyl sites for hydroxylation is 1. The maximum atomic E-state index is 12.8. The molecule has 0 spiro atoms. The Hall–Kier alpha value is -1.96. The summed E-state index contributed by atoms with van der Waals surface area (Å²) in [6.07, 6.45) is 1.66. The van der Waals surface area contributed by atoms with Crippen molar-refractivity contribution in [2.75, 3.05) is 18.4 Å². The average Bonchev–Trinajstić information content (AvgIpc) is 2.61. The molecule has 0 aliphatic rings. The van der Waals surface area contributed by atoms with Gasteiger partial charge in [0.05, 0.1) is 11.3 Å². The summed E-state index contributed by atoms with van der Waals surface area (Å²) < 4.78 is 27.0. The van der Waals surface area contributed by atoms with Gasteiger partial charge in [0.2, 0.25) is 15.9 Å². The highest BCUT2D eigenvalue weighted by Gasteiger charge is 2.23. The normalized spacial score (nSPS) is 11.6. The SMILES string of the molecule is CCN(CC)S(=O)(=O)c1cc(C)c(C)c(NC(=O)Cc2ccc(Cl)nc2)c1. The summed E-state index contributed by atoms with van der Waals surface area (Å²) in [5, 5.41) is 3.18. The first kappa shape index (κ1) is 21.3. The molecular weight excluding hydrogens is 386 g/mol. The Balaban J connectivity index is 2.30. The van der Waals surface area contributed by atoms with Crippen LogP contribution in [0.2, 0.25) is 5.15 Å². The Morgan fingerprint density at radius 1 is 1.19 bits per heavy atom. The predicted octanol–water partition coefficient (Wildman–Crippen LogP) is 3.56. The Labute approximate surface area is 165 Å². The van der Waals surface area contributed by atoms with E-state index in [4.69, 9.17) is 11.6 Å². The van der Waals surface area contributed by atoms with Crippen LogP contribution < -0.4 is 5.32 Å². The maximum absolute atomic E-state index is 12.8. The third kappa shape index (κ3) is 5.06. The molecule has 1 aromatic heterocycles. The topological polar surface area (TPSA) is 79.4 Å². The van der Waals surface area contributed by atoms with Crippen molar-refractivity contribution in [2.24, 2.45) is 0 Å². The van der Waals surface area contributed by atoms with Crippen LogP contribution in [0.4, 0.5) is 5.69 Å². The van der Waals surface area contributed by atoms with Gasteiger partial charge < -0.3 is 5.32 Å². The number of halogens is 1. The van der Waals surface area contributed by atoms with Crippen LogP contribution in [0.3, 0.4) is 0 Å². The van der Waals surface area contributed by atoms with Gasteiger partial charge in [0.25, 0.3) is 0 Å². The second-order valence-electron chi connectivity index (χ2n) is 6.22. The van der Waals surface area contributed by atoms with Crippen LogP contribution in [-0.4, -0.2) is 36.7 Å². The Kier molecular flexibility index (Phi) is 6.97. The molecule has 6 nitrogen and oxygen atoms in total. The van der Waals surface area contributed by atoms with E-state index < -0.39 is 10.0 Å². The number of carbonyl (C=O) groups excluding carboxylic acids is 1. The molecule has 27 heavy (non-hydrogen) atoms. The lowest BCUT2D eigenvalue weighted by Crippen LogP contribution is -2.30. The number of hydrogen-bond donors (Lipinski definition) is 1.